The number of ether oxygens (including phenoxy) is 3. The van der Waals surface area contributed by atoms with Gasteiger partial charge in [-0.25, -0.2) is 0 Å². The van der Waals surface area contributed by atoms with Crippen LogP contribution in [0.1, 0.15) is 258 Å². The summed E-state index contributed by atoms with van der Waals surface area (Å²) in [6.45, 7) is 6.32. The summed E-state index contributed by atoms with van der Waals surface area (Å²) in [5.41, 5.74) is 0. The van der Waals surface area contributed by atoms with Crippen molar-refractivity contribution in [2.24, 2.45) is 0 Å². The summed E-state index contributed by atoms with van der Waals surface area (Å²) in [5.74, 6) is -1.03. The number of rotatable bonds is 56. The Hall–Kier alpha value is -5.23. The molecule has 0 amide bonds. The van der Waals surface area contributed by atoms with Gasteiger partial charge < -0.3 is 14.2 Å². The number of hydrogen-bond donors (Lipinski definition) is 0. The van der Waals surface area contributed by atoms with E-state index in [0.717, 1.165) is 148 Å². The molecule has 0 heterocycles. The molecule has 1 atom stereocenters. The van der Waals surface area contributed by atoms with Gasteiger partial charge in [0.1, 0.15) is 13.2 Å². The summed E-state index contributed by atoms with van der Waals surface area (Å²) in [4.78, 5) is 38.3. The lowest BCUT2D eigenvalue weighted by Crippen LogP contribution is -2.30. The number of carbonyl (C=O) groups excluding carboxylic acids is 3. The van der Waals surface area contributed by atoms with Gasteiger partial charge >= 0.3 is 17.9 Å². The Morgan fingerprint density at radius 2 is 0.512 bits per heavy atom. The Kier molecular flexibility index (Phi) is 61.9. The van der Waals surface area contributed by atoms with Crippen molar-refractivity contribution in [3.63, 3.8) is 0 Å². The minimum atomic E-state index is -0.836. The molecule has 0 aromatic carbocycles. The van der Waals surface area contributed by atoms with E-state index in [9.17, 15) is 14.4 Å². The van der Waals surface area contributed by atoms with Crippen LogP contribution < -0.4 is 0 Å². The number of esters is 3. The molecule has 0 aliphatic heterocycles. The predicted molar refractivity (Wildman–Crippen MR) is 348 cm³/mol. The topological polar surface area (TPSA) is 78.9 Å². The zero-order valence-electron chi connectivity index (χ0n) is 51.3. The molecule has 0 bridgehead atoms. The van der Waals surface area contributed by atoms with Gasteiger partial charge in [-0.1, -0.05) is 268 Å². The van der Waals surface area contributed by atoms with Crippen LogP contribution in [-0.2, 0) is 28.6 Å². The summed E-state index contributed by atoms with van der Waals surface area (Å²) < 4.78 is 16.8. The molecular formula is C74H116O6. The van der Waals surface area contributed by atoms with Gasteiger partial charge in [0.2, 0.25) is 0 Å². The maximum absolute atomic E-state index is 12.9. The van der Waals surface area contributed by atoms with Gasteiger partial charge in [0, 0.05) is 19.3 Å². The SMILES string of the molecule is CC/C=C\C/C=C\C/C=C\C/C=C\C/C=C\C/C=C\C/C=C\CCCCCCCCCC(=O)OCC(COC(=O)CCCCCCC/C=C\CCCCCCC)OC(=O)CC/C=C\C/C=C\C/C=C\C/C=C\C/C=C\C/C=C\CC. The predicted octanol–water partition coefficient (Wildman–Crippen LogP) is 22.3. The summed E-state index contributed by atoms with van der Waals surface area (Å²) in [6, 6.07) is 0. The van der Waals surface area contributed by atoms with Gasteiger partial charge in [-0.15, -0.1) is 0 Å². The second-order valence-electron chi connectivity index (χ2n) is 20.5. The molecule has 0 rings (SSSR count). The highest BCUT2D eigenvalue weighted by atomic mass is 16.6. The molecule has 6 heteroatoms. The monoisotopic (exact) mass is 1100 g/mol. The molecule has 6 nitrogen and oxygen atoms in total. The Morgan fingerprint density at radius 1 is 0.263 bits per heavy atom. The minimum absolute atomic E-state index is 0.123. The molecule has 0 spiro atoms. The van der Waals surface area contributed by atoms with E-state index >= 15 is 0 Å². The third kappa shape index (κ3) is 63.6. The zero-order valence-corrected chi connectivity index (χ0v) is 51.3. The first-order valence-electron chi connectivity index (χ1n) is 32.1. The summed E-state index contributed by atoms with van der Waals surface area (Å²) >= 11 is 0. The number of allylic oxidation sites excluding steroid dienone is 28. The van der Waals surface area contributed by atoms with Crippen molar-refractivity contribution in [2.45, 2.75) is 264 Å². The van der Waals surface area contributed by atoms with Crippen LogP contribution in [0.4, 0.5) is 0 Å². The fourth-order valence-corrected chi connectivity index (χ4v) is 8.21. The van der Waals surface area contributed by atoms with Crippen LogP contribution in [0.2, 0.25) is 0 Å². The van der Waals surface area contributed by atoms with E-state index in [0.29, 0.717) is 19.3 Å². The lowest BCUT2D eigenvalue weighted by molar-refractivity contribution is -0.166. The van der Waals surface area contributed by atoms with Gasteiger partial charge in [-0.3, -0.25) is 14.4 Å². The quantitative estimate of drug-likeness (QED) is 0.0261. The molecule has 0 radical (unpaired) electrons. The molecule has 0 saturated carbocycles. The van der Waals surface area contributed by atoms with E-state index in [1.54, 1.807) is 0 Å². The van der Waals surface area contributed by atoms with Gasteiger partial charge in [-0.2, -0.15) is 0 Å². The Labute approximate surface area is 492 Å². The largest absolute Gasteiger partial charge is 0.462 e. The van der Waals surface area contributed by atoms with Crippen LogP contribution in [0, 0.1) is 0 Å². The van der Waals surface area contributed by atoms with Crippen LogP contribution in [0.25, 0.3) is 0 Å². The standard InChI is InChI=1S/C74H116O6/c1-4-7-10-13-16-19-22-25-28-30-32-33-34-35-36-37-38-39-40-41-43-44-46-49-52-55-58-61-64-67-73(76)79-70-71(69-78-72(75)66-63-60-57-54-51-48-27-24-21-18-15-12-9-6-3)80-74(77)68-65-62-59-56-53-50-47-45-42-31-29-26-23-20-17-14-11-8-5-2/h7-8,10-11,16-17,19-20,24-29,32-33,35-36,38-39,41-43,45,50,53,59,62,71H,4-6,9,12-15,18,21-23,30-31,34,37,40,44,46-49,51-52,54-58,60-61,63-70H2,1-3H3/b10-7-,11-8-,19-16-,20-17-,27-24-,28-25-,29-26-,33-32-,36-35-,39-38-,43-41-,45-42-,53-50-,62-59-. The first kappa shape index (κ1) is 74.8. The van der Waals surface area contributed by atoms with E-state index in [2.05, 4.69) is 179 Å². The Morgan fingerprint density at radius 3 is 0.825 bits per heavy atom. The molecule has 448 valence electrons. The smallest absolute Gasteiger partial charge is 0.306 e. The number of carbonyl (C=O) groups is 3. The molecule has 0 aliphatic carbocycles. The molecule has 0 N–H and O–H groups in total. The average molecular weight is 1100 g/mol. The van der Waals surface area contributed by atoms with E-state index in [1.807, 2.05) is 12.2 Å². The van der Waals surface area contributed by atoms with Gasteiger partial charge in [0.25, 0.3) is 0 Å². The summed E-state index contributed by atoms with van der Waals surface area (Å²) in [5, 5.41) is 0. The van der Waals surface area contributed by atoms with Crippen molar-refractivity contribution in [1.29, 1.82) is 0 Å². The fraction of sp³-hybridized carbons (Fsp3) is 0.581. The average Bonchev–Trinajstić information content (AvgIpc) is 3.46. The van der Waals surface area contributed by atoms with E-state index in [1.165, 1.54) is 64.2 Å². The third-order valence-corrected chi connectivity index (χ3v) is 12.9. The van der Waals surface area contributed by atoms with Crippen LogP contribution in [-0.4, -0.2) is 37.2 Å². The molecule has 1 unspecified atom stereocenters. The first-order valence-corrected chi connectivity index (χ1v) is 32.1. The highest BCUT2D eigenvalue weighted by Gasteiger charge is 2.19. The Balaban J connectivity index is 4.47. The van der Waals surface area contributed by atoms with E-state index in [4.69, 9.17) is 14.2 Å². The Bertz CT molecular complexity index is 1840. The minimum Gasteiger partial charge on any atom is -0.462 e. The van der Waals surface area contributed by atoms with Crippen molar-refractivity contribution in [2.75, 3.05) is 13.2 Å². The molecule has 0 aromatic rings. The van der Waals surface area contributed by atoms with Crippen LogP contribution >= 0.6 is 0 Å². The second-order valence-corrected chi connectivity index (χ2v) is 20.5. The molecule has 80 heavy (non-hydrogen) atoms. The van der Waals surface area contributed by atoms with Crippen molar-refractivity contribution < 1.29 is 28.6 Å². The number of unbranched alkanes of at least 4 members (excludes halogenated alkanes) is 17. The van der Waals surface area contributed by atoms with Gasteiger partial charge in [0.15, 0.2) is 6.10 Å². The van der Waals surface area contributed by atoms with E-state index < -0.39 is 12.1 Å². The van der Waals surface area contributed by atoms with Crippen molar-refractivity contribution >= 4 is 17.9 Å². The first-order chi connectivity index (χ1) is 39.5. The fourth-order valence-electron chi connectivity index (χ4n) is 8.21. The molecule has 0 saturated heterocycles. The molecule has 0 aromatic heterocycles. The summed E-state index contributed by atoms with van der Waals surface area (Å²) in [6.07, 6.45) is 98.0. The summed E-state index contributed by atoms with van der Waals surface area (Å²) in [7, 11) is 0. The van der Waals surface area contributed by atoms with Crippen molar-refractivity contribution in [1.82, 2.24) is 0 Å². The van der Waals surface area contributed by atoms with E-state index in [-0.39, 0.29) is 31.6 Å². The lowest BCUT2D eigenvalue weighted by Gasteiger charge is -2.18. The van der Waals surface area contributed by atoms with Gasteiger partial charge in [0.05, 0.1) is 0 Å². The van der Waals surface area contributed by atoms with Crippen LogP contribution in [0.15, 0.2) is 170 Å². The van der Waals surface area contributed by atoms with Crippen molar-refractivity contribution in [3.8, 4) is 0 Å². The normalized spacial score (nSPS) is 13.3. The maximum Gasteiger partial charge on any atom is 0.306 e. The molecular weight excluding hydrogens is 985 g/mol. The van der Waals surface area contributed by atoms with Crippen LogP contribution in [0.5, 0.6) is 0 Å². The number of hydrogen-bond acceptors (Lipinski definition) is 6. The highest BCUT2D eigenvalue weighted by molar-refractivity contribution is 5.71. The van der Waals surface area contributed by atoms with Crippen molar-refractivity contribution in [3.05, 3.63) is 170 Å². The maximum atomic E-state index is 12.9. The zero-order chi connectivity index (χ0) is 57.8. The second kappa shape index (κ2) is 66.3. The molecule has 0 aliphatic rings. The van der Waals surface area contributed by atoms with Gasteiger partial charge in [-0.05, 0) is 141 Å². The third-order valence-electron chi connectivity index (χ3n) is 12.9. The van der Waals surface area contributed by atoms with Crippen LogP contribution in [0.3, 0.4) is 0 Å². The highest BCUT2D eigenvalue weighted by Crippen LogP contribution is 2.13. The molecule has 0 fully saturated rings. The lowest BCUT2D eigenvalue weighted by atomic mass is 10.1.